The first-order valence-corrected chi connectivity index (χ1v) is 10.2. The van der Waals surface area contributed by atoms with Gasteiger partial charge in [-0.1, -0.05) is 54.1 Å². The van der Waals surface area contributed by atoms with Crippen LogP contribution in [0.15, 0.2) is 82.9 Å². The highest BCUT2D eigenvalue weighted by Gasteiger charge is 2.13. The summed E-state index contributed by atoms with van der Waals surface area (Å²) in [6, 6.07) is 19.7. The van der Waals surface area contributed by atoms with E-state index < -0.39 is 10.0 Å². The number of rotatable bonds is 5. The zero-order valence-electron chi connectivity index (χ0n) is 14.5. The fraction of sp³-hybridized carbons (Fsp3) is 0. The molecule has 140 valence electrons. The number of fused-ring (bicyclic) bond motifs is 1. The maximum atomic E-state index is 12.5. The van der Waals surface area contributed by atoms with E-state index in [1.807, 2.05) is 36.4 Å². The molecule has 0 amide bonds. The van der Waals surface area contributed by atoms with E-state index in [1.54, 1.807) is 36.5 Å². The van der Waals surface area contributed by atoms with E-state index in [4.69, 9.17) is 11.6 Å². The maximum absolute atomic E-state index is 12.5. The van der Waals surface area contributed by atoms with Gasteiger partial charge in [-0.2, -0.15) is 18.6 Å². The van der Waals surface area contributed by atoms with Crippen molar-refractivity contribution in [2.45, 2.75) is 4.90 Å². The van der Waals surface area contributed by atoms with Crippen LogP contribution in [0.25, 0.3) is 22.0 Å². The van der Waals surface area contributed by atoms with Crippen LogP contribution < -0.4 is 4.83 Å². The van der Waals surface area contributed by atoms with Gasteiger partial charge in [0.25, 0.3) is 10.0 Å². The Morgan fingerprint density at radius 1 is 1.00 bits per heavy atom. The minimum Gasteiger partial charge on any atom is -0.277 e. The maximum Gasteiger partial charge on any atom is 0.276 e. The number of H-pyrrole nitrogens is 1. The first-order valence-electron chi connectivity index (χ1n) is 8.36. The van der Waals surface area contributed by atoms with Gasteiger partial charge in [0.1, 0.15) is 0 Å². The van der Waals surface area contributed by atoms with E-state index in [0.29, 0.717) is 16.3 Å². The van der Waals surface area contributed by atoms with Crippen LogP contribution >= 0.6 is 11.6 Å². The predicted octanol–water partition coefficient (Wildman–Crippen LogP) is 4.20. The van der Waals surface area contributed by atoms with Crippen LogP contribution in [0.2, 0.25) is 5.02 Å². The van der Waals surface area contributed by atoms with E-state index >= 15 is 0 Å². The number of halogens is 1. The summed E-state index contributed by atoms with van der Waals surface area (Å²) in [5.74, 6) is 0. The first-order chi connectivity index (χ1) is 13.5. The Hall–Kier alpha value is -3.16. The third kappa shape index (κ3) is 3.76. The number of nitrogens with zero attached hydrogens (tertiary/aromatic N) is 2. The molecular weight excluding hydrogens is 396 g/mol. The van der Waals surface area contributed by atoms with E-state index in [9.17, 15) is 8.42 Å². The van der Waals surface area contributed by atoms with Gasteiger partial charge in [-0.05, 0) is 35.0 Å². The molecule has 0 unspecified atom stereocenters. The summed E-state index contributed by atoms with van der Waals surface area (Å²) in [7, 11) is -3.78. The highest BCUT2D eigenvalue weighted by atomic mass is 35.5. The molecule has 4 rings (SSSR count). The number of aromatic amines is 1. The SMILES string of the molecule is O=S(=O)(NN=Cc1cn[nH]c1-c1ccc(Cl)cc1)c1ccc2ccccc2c1. The molecule has 3 aromatic carbocycles. The second-order valence-electron chi connectivity index (χ2n) is 6.07. The van der Waals surface area contributed by atoms with E-state index in [1.165, 1.54) is 6.21 Å². The molecule has 0 saturated heterocycles. The molecule has 0 bridgehead atoms. The van der Waals surface area contributed by atoms with E-state index in [-0.39, 0.29) is 4.90 Å². The van der Waals surface area contributed by atoms with Gasteiger partial charge in [-0.3, -0.25) is 5.10 Å². The lowest BCUT2D eigenvalue weighted by Gasteiger charge is -2.05. The molecule has 1 heterocycles. The van der Waals surface area contributed by atoms with Crippen molar-refractivity contribution in [2.75, 3.05) is 0 Å². The van der Waals surface area contributed by atoms with Gasteiger partial charge in [0, 0.05) is 16.1 Å². The molecule has 0 fully saturated rings. The molecule has 0 saturated carbocycles. The van der Waals surface area contributed by atoms with Crippen molar-refractivity contribution in [1.82, 2.24) is 15.0 Å². The van der Waals surface area contributed by atoms with Gasteiger partial charge in [0.05, 0.1) is 23.0 Å². The number of hydrogen-bond acceptors (Lipinski definition) is 4. The van der Waals surface area contributed by atoms with Crippen molar-refractivity contribution < 1.29 is 8.42 Å². The standard InChI is InChI=1S/C20H15ClN4O2S/c21-18-8-5-15(6-9-18)20-17(12-22-24-20)13-23-25-28(26,27)19-10-7-14-3-1-2-4-16(14)11-19/h1-13,25H,(H,22,24). The normalized spacial score (nSPS) is 11.9. The van der Waals surface area contributed by atoms with Crippen molar-refractivity contribution in [3.8, 4) is 11.3 Å². The van der Waals surface area contributed by atoms with Crippen molar-refractivity contribution >= 4 is 38.6 Å². The Labute approximate surface area is 166 Å². The monoisotopic (exact) mass is 410 g/mol. The Morgan fingerprint density at radius 2 is 1.75 bits per heavy atom. The molecule has 1 aromatic heterocycles. The molecule has 4 aromatic rings. The number of nitrogens with one attached hydrogen (secondary N) is 2. The number of benzene rings is 3. The molecule has 0 radical (unpaired) electrons. The molecule has 6 nitrogen and oxygen atoms in total. The van der Waals surface area contributed by atoms with Gasteiger partial charge < -0.3 is 0 Å². The van der Waals surface area contributed by atoms with Gasteiger partial charge >= 0.3 is 0 Å². The van der Waals surface area contributed by atoms with Gasteiger partial charge in [-0.15, -0.1) is 0 Å². The van der Waals surface area contributed by atoms with Crippen LogP contribution in [-0.4, -0.2) is 24.8 Å². The largest absolute Gasteiger partial charge is 0.277 e. The number of aromatic nitrogens is 2. The Bertz CT molecular complexity index is 1260. The van der Waals surface area contributed by atoms with E-state index in [0.717, 1.165) is 16.3 Å². The lowest BCUT2D eigenvalue weighted by Crippen LogP contribution is -2.18. The molecule has 0 aliphatic rings. The summed E-state index contributed by atoms with van der Waals surface area (Å²) in [4.78, 5) is 2.39. The molecule has 0 atom stereocenters. The van der Waals surface area contributed by atoms with Crippen LogP contribution in [-0.2, 0) is 10.0 Å². The molecule has 28 heavy (non-hydrogen) atoms. The van der Waals surface area contributed by atoms with Crippen LogP contribution in [0, 0.1) is 0 Å². The summed E-state index contributed by atoms with van der Waals surface area (Å²) in [5, 5.41) is 13.2. The molecular formula is C20H15ClN4O2S. The minimum absolute atomic E-state index is 0.147. The number of hydrogen-bond donors (Lipinski definition) is 2. The van der Waals surface area contributed by atoms with Crippen molar-refractivity contribution in [1.29, 1.82) is 0 Å². The number of sulfonamides is 1. The van der Waals surface area contributed by atoms with Gasteiger partial charge in [-0.25, -0.2) is 4.83 Å². The summed E-state index contributed by atoms with van der Waals surface area (Å²) in [6.07, 6.45) is 2.98. The van der Waals surface area contributed by atoms with Crippen LogP contribution in [0.4, 0.5) is 0 Å². The minimum atomic E-state index is -3.78. The molecule has 0 aliphatic carbocycles. The lowest BCUT2D eigenvalue weighted by molar-refractivity contribution is 0.585. The van der Waals surface area contributed by atoms with Gasteiger partial charge in [0.15, 0.2) is 0 Å². The third-order valence-electron chi connectivity index (χ3n) is 4.21. The average Bonchev–Trinajstić information content (AvgIpc) is 3.16. The van der Waals surface area contributed by atoms with Crippen molar-refractivity contribution in [3.05, 3.63) is 83.5 Å². The van der Waals surface area contributed by atoms with Crippen LogP contribution in [0.5, 0.6) is 0 Å². The fourth-order valence-corrected chi connectivity index (χ4v) is 3.75. The van der Waals surface area contributed by atoms with Crippen molar-refractivity contribution in [3.63, 3.8) is 0 Å². The molecule has 2 N–H and O–H groups in total. The van der Waals surface area contributed by atoms with E-state index in [2.05, 4.69) is 20.1 Å². The summed E-state index contributed by atoms with van der Waals surface area (Å²) < 4.78 is 25.1. The lowest BCUT2D eigenvalue weighted by atomic mass is 10.1. The zero-order valence-corrected chi connectivity index (χ0v) is 16.1. The average molecular weight is 411 g/mol. The fourth-order valence-electron chi connectivity index (χ4n) is 2.79. The Morgan fingerprint density at radius 3 is 2.54 bits per heavy atom. The highest BCUT2D eigenvalue weighted by Crippen LogP contribution is 2.22. The topological polar surface area (TPSA) is 87.2 Å². The number of hydrazone groups is 1. The second-order valence-corrected chi connectivity index (χ2v) is 8.17. The summed E-state index contributed by atoms with van der Waals surface area (Å²) in [6.45, 7) is 0. The highest BCUT2D eigenvalue weighted by molar-refractivity contribution is 7.89. The third-order valence-corrected chi connectivity index (χ3v) is 5.68. The Balaban J connectivity index is 1.56. The van der Waals surface area contributed by atoms with Crippen molar-refractivity contribution in [2.24, 2.45) is 5.10 Å². The molecule has 0 aliphatic heterocycles. The molecule has 0 spiro atoms. The van der Waals surface area contributed by atoms with Crippen LogP contribution in [0.1, 0.15) is 5.56 Å². The summed E-state index contributed by atoms with van der Waals surface area (Å²) >= 11 is 5.91. The smallest absolute Gasteiger partial charge is 0.276 e. The van der Waals surface area contributed by atoms with Crippen LogP contribution in [0.3, 0.4) is 0 Å². The summed E-state index contributed by atoms with van der Waals surface area (Å²) in [5.41, 5.74) is 2.22. The van der Waals surface area contributed by atoms with Gasteiger partial charge in [0.2, 0.25) is 0 Å². The second kappa shape index (κ2) is 7.46. The predicted molar refractivity (Wildman–Crippen MR) is 111 cm³/mol. The first kappa shape index (κ1) is 18.2. The molecule has 8 heteroatoms. The quantitative estimate of drug-likeness (QED) is 0.382. The zero-order chi connectivity index (χ0) is 19.6. The Kier molecular flexibility index (Phi) is 4.85.